The molecule has 0 unspecified atom stereocenters. The number of carbonyl (C=O) groups is 2. The first-order valence-electron chi connectivity index (χ1n) is 9.49. The molecular formula is C20H31ClN2O2. The second-order valence-electron chi connectivity index (χ2n) is 6.37. The minimum atomic E-state index is -0.680. The van der Waals surface area contributed by atoms with Crippen molar-refractivity contribution in [2.24, 2.45) is 0 Å². The minimum Gasteiger partial charge on any atom is -0.348 e. The molecule has 1 aromatic rings. The van der Waals surface area contributed by atoms with Crippen molar-refractivity contribution in [3.05, 3.63) is 29.3 Å². The van der Waals surface area contributed by atoms with Gasteiger partial charge in [-0.1, -0.05) is 88.4 Å². The summed E-state index contributed by atoms with van der Waals surface area (Å²) in [5.74, 6) is -1.30. The van der Waals surface area contributed by atoms with Gasteiger partial charge in [0, 0.05) is 6.54 Å². The van der Waals surface area contributed by atoms with Crippen LogP contribution in [0.5, 0.6) is 0 Å². The van der Waals surface area contributed by atoms with Crippen LogP contribution in [0.2, 0.25) is 5.02 Å². The van der Waals surface area contributed by atoms with Gasteiger partial charge in [-0.05, 0) is 18.6 Å². The third-order valence-electron chi connectivity index (χ3n) is 4.14. The average molecular weight is 367 g/mol. The molecule has 0 spiro atoms. The van der Waals surface area contributed by atoms with Crippen LogP contribution in [0.3, 0.4) is 0 Å². The van der Waals surface area contributed by atoms with E-state index in [1.807, 2.05) is 0 Å². The van der Waals surface area contributed by atoms with Crippen molar-refractivity contribution in [2.75, 3.05) is 11.9 Å². The van der Waals surface area contributed by atoms with Crippen LogP contribution in [0.1, 0.15) is 71.1 Å². The van der Waals surface area contributed by atoms with Gasteiger partial charge in [-0.2, -0.15) is 0 Å². The third kappa shape index (κ3) is 10.1. The lowest BCUT2D eigenvalue weighted by molar-refractivity contribution is -0.136. The molecule has 0 saturated heterocycles. The first-order chi connectivity index (χ1) is 12.1. The monoisotopic (exact) mass is 366 g/mol. The Kier molecular flexibility index (Phi) is 11.8. The molecule has 0 atom stereocenters. The highest BCUT2D eigenvalue weighted by Crippen LogP contribution is 2.20. The summed E-state index contributed by atoms with van der Waals surface area (Å²) < 4.78 is 0. The maximum atomic E-state index is 11.8. The molecule has 1 aromatic carbocycles. The molecule has 0 heterocycles. The number of unbranched alkanes of at least 4 members (excludes halogenated alkanes) is 9. The second kappa shape index (κ2) is 13.7. The zero-order valence-corrected chi connectivity index (χ0v) is 16.0. The van der Waals surface area contributed by atoms with Crippen LogP contribution in [0.4, 0.5) is 5.69 Å². The van der Waals surface area contributed by atoms with E-state index in [1.165, 1.54) is 51.4 Å². The van der Waals surface area contributed by atoms with E-state index in [4.69, 9.17) is 11.6 Å². The molecule has 5 heteroatoms. The van der Waals surface area contributed by atoms with Crippen molar-refractivity contribution in [3.63, 3.8) is 0 Å². The van der Waals surface area contributed by atoms with Gasteiger partial charge in [-0.15, -0.1) is 0 Å². The van der Waals surface area contributed by atoms with Crippen molar-refractivity contribution in [2.45, 2.75) is 71.1 Å². The van der Waals surface area contributed by atoms with Gasteiger partial charge < -0.3 is 10.6 Å². The van der Waals surface area contributed by atoms with Crippen molar-refractivity contribution in [1.29, 1.82) is 0 Å². The van der Waals surface area contributed by atoms with Crippen LogP contribution in [0, 0.1) is 0 Å². The molecule has 2 amide bonds. The van der Waals surface area contributed by atoms with E-state index in [9.17, 15) is 9.59 Å². The maximum absolute atomic E-state index is 11.8. The lowest BCUT2D eigenvalue weighted by Crippen LogP contribution is -2.35. The van der Waals surface area contributed by atoms with Gasteiger partial charge in [-0.3, -0.25) is 9.59 Å². The standard InChI is InChI=1S/C20H31ClN2O2/c1-2-3-4-5-6-7-8-9-10-13-16-22-19(24)20(25)23-18-15-12-11-14-17(18)21/h11-12,14-15H,2-10,13,16H2,1H3,(H,22,24)(H,23,25). The van der Waals surface area contributed by atoms with Gasteiger partial charge in [0.1, 0.15) is 0 Å². The van der Waals surface area contributed by atoms with E-state index in [0.717, 1.165) is 12.8 Å². The second-order valence-corrected chi connectivity index (χ2v) is 6.78. The van der Waals surface area contributed by atoms with Crippen LogP contribution < -0.4 is 10.6 Å². The minimum absolute atomic E-state index is 0.415. The average Bonchev–Trinajstić information content (AvgIpc) is 2.61. The number of hydrogen-bond acceptors (Lipinski definition) is 2. The Morgan fingerprint density at radius 1 is 0.840 bits per heavy atom. The van der Waals surface area contributed by atoms with Gasteiger partial charge in [0.2, 0.25) is 0 Å². The van der Waals surface area contributed by atoms with Gasteiger partial charge in [0.25, 0.3) is 0 Å². The number of benzene rings is 1. The predicted octanol–water partition coefficient (Wildman–Crippen LogP) is 5.32. The van der Waals surface area contributed by atoms with Crippen molar-refractivity contribution < 1.29 is 9.59 Å². The number of carbonyl (C=O) groups excluding carboxylic acids is 2. The van der Waals surface area contributed by atoms with Crippen molar-refractivity contribution in [1.82, 2.24) is 5.32 Å². The molecule has 1 rings (SSSR count). The Hall–Kier alpha value is -1.55. The smallest absolute Gasteiger partial charge is 0.313 e. The van der Waals surface area contributed by atoms with E-state index in [2.05, 4.69) is 17.6 Å². The van der Waals surface area contributed by atoms with E-state index in [1.54, 1.807) is 24.3 Å². The van der Waals surface area contributed by atoms with Gasteiger partial charge >= 0.3 is 11.8 Å². The molecule has 140 valence electrons. The molecule has 0 radical (unpaired) electrons. The molecule has 0 fully saturated rings. The zero-order valence-electron chi connectivity index (χ0n) is 15.3. The number of hydrogen-bond donors (Lipinski definition) is 2. The molecule has 4 nitrogen and oxygen atoms in total. The fourth-order valence-corrected chi connectivity index (χ4v) is 2.82. The topological polar surface area (TPSA) is 58.2 Å². The molecule has 2 N–H and O–H groups in total. The summed E-state index contributed by atoms with van der Waals surface area (Å²) in [5.41, 5.74) is 0.447. The number of halogens is 1. The van der Waals surface area contributed by atoms with Crippen LogP contribution in [-0.2, 0) is 9.59 Å². The first kappa shape index (κ1) is 21.5. The lowest BCUT2D eigenvalue weighted by Gasteiger charge is -2.07. The van der Waals surface area contributed by atoms with Gasteiger partial charge in [0.05, 0.1) is 10.7 Å². The lowest BCUT2D eigenvalue weighted by atomic mass is 10.1. The summed E-state index contributed by atoms with van der Waals surface area (Å²) in [6, 6.07) is 6.85. The highest BCUT2D eigenvalue weighted by molar-refractivity contribution is 6.41. The maximum Gasteiger partial charge on any atom is 0.313 e. The molecule has 25 heavy (non-hydrogen) atoms. The number of para-hydroxylation sites is 1. The highest BCUT2D eigenvalue weighted by Gasteiger charge is 2.13. The van der Waals surface area contributed by atoms with E-state index in [-0.39, 0.29) is 0 Å². The molecule has 0 aliphatic rings. The largest absolute Gasteiger partial charge is 0.348 e. The van der Waals surface area contributed by atoms with Gasteiger partial charge in [-0.25, -0.2) is 0 Å². The Balaban J connectivity index is 2.01. The van der Waals surface area contributed by atoms with E-state index in [0.29, 0.717) is 17.3 Å². The third-order valence-corrected chi connectivity index (χ3v) is 4.47. The number of anilines is 1. The van der Waals surface area contributed by atoms with Crippen molar-refractivity contribution in [3.8, 4) is 0 Å². The first-order valence-corrected chi connectivity index (χ1v) is 9.86. The highest BCUT2D eigenvalue weighted by atomic mass is 35.5. The Bertz CT molecular complexity index is 520. The summed E-state index contributed by atoms with van der Waals surface area (Å²) in [6.45, 7) is 2.77. The number of amides is 2. The molecule has 0 aromatic heterocycles. The summed E-state index contributed by atoms with van der Waals surface area (Å²) in [4.78, 5) is 23.5. The summed E-state index contributed by atoms with van der Waals surface area (Å²) in [7, 11) is 0. The fraction of sp³-hybridized carbons (Fsp3) is 0.600. The Morgan fingerprint density at radius 3 is 2.00 bits per heavy atom. The number of nitrogens with one attached hydrogen (secondary N) is 2. The Morgan fingerprint density at radius 2 is 1.40 bits per heavy atom. The molecule has 0 aliphatic heterocycles. The fourth-order valence-electron chi connectivity index (χ4n) is 2.64. The predicted molar refractivity (Wildman–Crippen MR) is 105 cm³/mol. The van der Waals surface area contributed by atoms with Crippen LogP contribution in [0.15, 0.2) is 24.3 Å². The zero-order chi connectivity index (χ0) is 18.3. The van der Waals surface area contributed by atoms with Crippen LogP contribution in [-0.4, -0.2) is 18.4 Å². The molecule has 0 aliphatic carbocycles. The molecular weight excluding hydrogens is 336 g/mol. The summed E-state index contributed by atoms with van der Waals surface area (Å²) in [6.07, 6.45) is 12.4. The van der Waals surface area contributed by atoms with Gasteiger partial charge in [0.15, 0.2) is 0 Å². The Labute approximate surface area is 156 Å². The quantitative estimate of drug-likeness (QED) is 0.388. The normalized spacial score (nSPS) is 10.5. The van der Waals surface area contributed by atoms with E-state index >= 15 is 0 Å². The SMILES string of the molecule is CCCCCCCCCCCCNC(=O)C(=O)Nc1ccccc1Cl. The summed E-state index contributed by atoms with van der Waals surface area (Å²) >= 11 is 5.95. The number of rotatable bonds is 12. The van der Waals surface area contributed by atoms with E-state index < -0.39 is 11.8 Å². The van der Waals surface area contributed by atoms with Crippen LogP contribution >= 0.6 is 11.6 Å². The van der Waals surface area contributed by atoms with Crippen LogP contribution in [0.25, 0.3) is 0 Å². The van der Waals surface area contributed by atoms with Crippen molar-refractivity contribution >= 4 is 29.1 Å². The molecule has 0 saturated carbocycles. The molecule has 0 bridgehead atoms. The summed E-state index contributed by atoms with van der Waals surface area (Å²) in [5, 5.41) is 5.59.